The van der Waals surface area contributed by atoms with Gasteiger partial charge < -0.3 is 4.74 Å². The Labute approximate surface area is 168 Å². The average molecular weight is 395 g/mol. The van der Waals surface area contributed by atoms with Crippen LogP contribution in [-0.2, 0) is 9.59 Å². The molecular weight excluding hydrogens is 373 g/mol. The van der Waals surface area contributed by atoms with Crippen LogP contribution in [0, 0.1) is 23.6 Å². The highest BCUT2D eigenvalue weighted by Crippen LogP contribution is 2.42. The summed E-state index contributed by atoms with van der Waals surface area (Å²) in [6.07, 6.45) is 2.45. The van der Waals surface area contributed by atoms with Gasteiger partial charge in [0.25, 0.3) is 0 Å². The van der Waals surface area contributed by atoms with Crippen molar-refractivity contribution in [3.63, 3.8) is 0 Å². The van der Waals surface area contributed by atoms with Crippen molar-refractivity contribution in [1.82, 2.24) is 0 Å². The van der Waals surface area contributed by atoms with E-state index in [4.69, 9.17) is 4.74 Å². The second kappa shape index (κ2) is 7.78. The number of fused-ring (bicyclic) bond motifs is 1. The van der Waals surface area contributed by atoms with Gasteiger partial charge in [-0.3, -0.25) is 14.4 Å². The molecule has 0 unspecified atom stereocenters. The van der Waals surface area contributed by atoms with Crippen LogP contribution in [0.1, 0.15) is 36.5 Å². The van der Waals surface area contributed by atoms with E-state index in [9.17, 15) is 18.8 Å². The van der Waals surface area contributed by atoms with Crippen molar-refractivity contribution in [3.05, 3.63) is 59.9 Å². The Morgan fingerprint density at radius 3 is 2.55 bits per heavy atom. The molecule has 5 nitrogen and oxygen atoms in total. The minimum absolute atomic E-state index is 0.147. The van der Waals surface area contributed by atoms with E-state index in [0.717, 1.165) is 19.3 Å². The smallest absolute Gasteiger partial charge is 0.237 e. The first kappa shape index (κ1) is 19.3. The fraction of sp³-hybridized carbons (Fsp3) is 0.348. The van der Waals surface area contributed by atoms with Crippen molar-refractivity contribution < 1.29 is 23.5 Å². The zero-order valence-electron chi connectivity index (χ0n) is 16.1. The number of Topliss-reactive ketones (excluding diaryl/α,β-unsaturated/α-hetero) is 1. The third-order valence-electron chi connectivity index (χ3n) is 5.80. The van der Waals surface area contributed by atoms with Crippen molar-refractivity contribution >= 4 is 23.3 Å². The molecule has 4 rings (SSSR count). The second-order valence-corrected chi connectivity index (χ2v) is 7.86. The van der Waals surface area contributed by atoms with E-state index in [2.05, 4.69) is 6.92 Å². The molecule has 0 N–H and O–H groups in total. The van der Waals surface area contributed by atoms with Crippen molar-refractivity contribution in [2.24, 2.45) is 17.8 Å². The lowest BCUT2D eigenvalue weighted by atomic mass is 9.76. The first-order valence-electron chi connectivity index (χ1n) is 9.83. The molecule has 2 amide bonds. The molecular formula is C23H22FNO4. The Kier molecular flexibility index (Phi) is 5.18. The summed E-state index contributed by atoms with van der Waals surface area (Å²) in [4.78, 5) is 39.2. The fourth-order valence-electron chi connectivity index (χ4n) is 4.22. The summed E-state index contributed by atoms with van der Waals surface area (Å²) in [5.74, 6) is -0.632. The largest absolute Gasteiger partial charge is 0.485 e. The summed E-state index contributed by atoms with van der Waals surface area (Å²) in [7, 11) is 0. The van der Waals surface area contributed by atoms with Gasteiger partial charge >= 0.3 is 0 Å². The van der Waals surface area contributed by atoms with Crippen LogP contribution in [-0.4, -0.2) is 24.2 Å². The number of halogens is 1. The molecule has 0 aromatic heterocycles. The van der Waals surface area contributed by atoms with Gasteiger partial charge in [0.1, 0.15) is 11.6 Å². The normalized spacial score (nSPS) is 23.8. The average Bonchev–Trinajstić information content (AvgIpc) is 2.96. The van der Waals surface area contributed by atoms with Crippen LogP contribution in [0.15, 0.2) is 48.5 Å². The molecule has 0 spiro atoms. The highest BCUT2D eigenvalue weighted by atomic mass is 19.1. The molecule has 2 fully saturated rings. The minimum Gasteiger partial charge on any atom is -0.485 e. The summed E-state index contributed by atoms with van der Waals surface area (Å²) in [6.45, 7) is 1.89. The Morgan fingerprint density at radius 2 is 1.79 bits per heavy atom. The maximum atomic E-state index is 13.0. The highest BCUT2D eigenvalue weighted by molar-refractivity contribution is 6.22. The number of hydrogen-bond donors (Lipinski definition) is 0. The van der Waals surface area contributed by atoms with Crippen LogP contribution < -0.4 is 9.64 Å². The van der Waals surface area contributed by atoms with Crippen LogP contribution in [0.5, 0.6) is 5.75 Å². The standard InChI is InChI=1S/C23H22FNO4/c1-14-5-10-19-20(11-14)23(28)25(22(19)27)17-3-2-4-18(12-17)29-13-21(26)15-6-8-16(24)9-7-15/h2-4,6-9,12,14,19-20H,5,10-11,13H2,1H3/t14-,19-,20+/m1/s1. The van der Waals surface area contributed by atoms with Gasteiger partial charge in [-0.1, -0.05) is 13.0 Å². The zero-order valence-corrected chi connectivity index (χ0v) is 16.1. The van der Waals surface area contributed by atoms with E-state index in [1.807, 2.05) is 0 Å². The molecule has 2 aromatic rings. The zero-order chi connectivity index (χ0) is 20.5. The van der Waals surface area contributed by atoms with E-state index >= 15 is 0 Å². The van der Waals surface area contributed by atoms with Gasteiger partial charge in [0.05, 0.1) is 17.5 Å². The van der Waals surface area contributed by atoms with Gasteiger partial charge in [-0.15, -0.1) is 0 Å². The van der Waals surface area contributed by atoms with E-state index in [1.165, 1.54) is 29.2 Å². The van der Waals surface area contributed by atoms with Gasteiger partial charge in [-0.25, -0.2) is 9.29 Å². The molecule has 1 saturated carbocycles. The van der Waals surface area contributed by atoms with Crippen LogP contribution in [0.4, 0.5) is 10.1 Å². The van der Waals surface area contributed by atoms with Crippen LogP contribution >= 0.6 is 0 Å². The van der Waals surface area contributed by atoms with Gasteiger partial charge in [0, 0.05) is 11.6 Å². The van der Waals surface area contributed by atoms with Crippen molar-refractivity contribution in [2.45, 2.75) is 26.2 Å². The molecule has 6 heteroatoms. The number of anilines is 1. The number of rotatable bonds is 5. The SMILES string of the molecule is C[C@@H]1CC[C@H]2C(=O)N(c3cccc(OCC(=O)c4ccc(F)cc4)c3)C(=O)[C@H]2C1. The summed E-state index contributed by atoms with van der Waals surface area (Å²) in [5, 5.41) is 0. The van der Waals surface area contributed by atoms with Gasteiger partial charge in [-0.2, -0.15) is 0 Å². The fourth-order valence-corrected chi connectivity index (χ4v) is 4.22. The lowest BCUT2D eigenvalue weighted by Crippen LogP contribution is -2.30. The molecule has 150 valence electrons. The third-order valence-corrected chi connectivity index (χ3v) is 5.80. The topological polar surface area (TPSA) is 63.7 Å². The molecule has 29 heavy (non-hydrogen) atoms. The molecule has 0 bridgehead atoms. The number of ketones is 1. The van der Waals surface area contributed by atoms with Gasteiger partial charge in [0.2, 0.25) is 11.8 Å². The number of carbonyl (C=O) groups is 3. The van der Waals surface area contributed by atoms with Gasteiger partial charge in [0.15, 0.2) is 12.4 Å². The number of nitrogens with zero attached hydrogens (tertiary/aromatic N) is 1. The maximum absolute atomic E-state index is 13.0. The highest BCUT2D eigenvalue weighted by Gasteiger charge is 2.50. The lowest BCUT2D eigenvalue weighted by Gasteiger charge is -2.25. The predicted molar refractivity (Wildman–Crippen MR) is 105 cm³/mol. The number of benzene rings is 2. The Balaban J connectivity index is 1.47. The molecule has 1 heterocycles. The quantitative estimate of drug-likeness (QED) is 0.567. The Hall–Kier alpha value is -3.02. The molecule has 2 aliphatic rings. The van der Waals surface area contributed by atoms with Crippen molar-refractivity contribution in [2.75, 3.05) is 11.5 Å². The lowest BCUT2D eigenvalue weighted by molar-refractivity contribution is -0.122. The molecule has 1 saturated heterocycles. The molecule has 0 radical (unpaired) electrons. The van der Waals surface area contributed by atoms with E-state index in [1.54, 1.807) is 24.3 Å². The Morgan fingerprint density at radius 1 is 1.07 bits per heavy atom. The minimum atomic E-state index is -0.412. The number of amides is 2. The van der Waals surface area contributed by atoms with Crippen LogP contribution in [0.25, 0.3) is 0 Å². The number of hydrogen-bond acceptors (Lipinski definition) is 4. The molecule has 2 aromatic carbocycles. The van der Waals surface area contributed by atoms with E-state index < -0.39 is 5.82 Å². The van der Waals surface area contributed by atoms with Crippen LogP contribution in [0.3, 0.4) is 0 Å². The third kappa shape index (κ3) is 3.79. The van der Waals surface area contributed by atoms with Crippen LogP contribution in [0.2, 0.25) is 0 Å². The first-order valence-corrected chi connectivity index (χ1v) is 9.83. The summed E-state index contributed by atoms with van der Waals surface area (Å²) >= 11 is 0. The number of imide groups is 1. The van der Waals surface area contributed by atoms with E-state index in [0.29, 0.717) is 22.9 Å². The number of carbonyl (C=O) groups excluding carboxylic acids is 3. The molecule has 1 aliphatic carbocycles. The maximum Gasteiger partial charge on any atom is 0.237 e. The monoisotopic (exact) mass is 395 g/mol. The molecule has 3 atom stereocenters. The summed E-state index contributed by atoms with van der Waals surface area (Å²) in [5.41, 5.74) is 0.819. The summed E-state index contributed by atoms with van der Waals surface area (Å²) in [6, 6.07) is 11.9. The van der Waals surface area contributed by atoms with Gasteiger partial charge in [-0.05, 0) is 61.6 Å². The van der Waals surface area contributed by atoms with Crippen molar-refractivity contribution in [1.29, 1.82) is 0 Å². The van der Waals surface area contributed by atoms with Crippen molar-refractivity contribution in [3.8, 4) is 5.75 Å². The predicted octanol–water partition coefficient (Wildman–Crippen LogP) is 4.01. The molecule has 1 aliphatic heterocycles. The Bertz CT molecular complexity index is 956. The number of ether oxygens (including phenoxy) is 1. The van der Waals surface area contributed by atoms with E-state index in [-0.39, 0.29) is 36.0 Å². The second-order valence-electron chi connectivity index (χ2n) is 7.86. The first-order chi connectivity index (χ1) is 13.9. The summed E-state index contributed by atoms with van der Waals surface area (Å²) < 4.78 is 18.6.